The summed E-state index contributed by atoms with van der Waals surface area (Å²) in [6.45, 7) is 0. The third-order valence-corrected chi connectivity index (χ3v) is 2.06. The van der Waals surface area contributed by atoms with Crippen LogP contribution >= 0.6 is 25.3 Å². The molecule has 0 aromatic carbocycles. The number of nitrogens with one attached hydrogen (secondary N) is 1. The van der Waals surface area contributed by atoms with Crippen molar-refractivity contribution in [2.24, 2.45) is 5.73 Å². The Balaban J connectivity index is -0.000000249. The third-order valence-electron chi connectivity index (χ3n) is 1.93. The zero-order chi connectivity index (χ0) is 11.0. The summed E-state index contributed by atoms with van der Waals surface area (Å²) in [7, 11) is 0. The molecule has 0 aromatic heterocycles. The molecule has 0 spiro atoms. The molecular weight excluding hydrogens is 243 g/mol. The molecule has 1 rings (SSSR count). The minimum atomic E-state index is -0.639. The molecule has 0 aromatic rings. The number of primary amides is 1. The van der Waals surface area contributed by atoms with Crippen LogP contribution in [-0.2, 0) is 0 Å². The fourth-order valence-corrected chi connectivity index (χ4v) is 1.60. The molecule has 0 heterocycles. The van der Waals surface area contributed by atoms with E-state index >= 15 is 0 Å². The average molecular weight is 260 g/mol. The number of hydrogen-bond donors (Lipinski definition) is 4. The monoisotopic (exact) mass is 260 g/mol. The van der Waals surface area contributed by atoms with Gasteiger partial charge < -0.3 is 12.5 Å². The van der Waals surface area contributed by atoms with E-state index in [1.807, 2.05) is 0 Å². The maximum atomic E-state index is 10.5. The topological polar surface area (TPSA) is 72.2 Å². The molecule has 1 aliphatic carbocycles. The van der Waals surface area contributed by atoms with Gasteiger partial charge in [-0.25, -0.2) is 0 Å². The van der Waals surface area contributed by atoms with Gasteiger partial charge in [0.1, 0.15) is 0 Å². The number of carbonyl (C=O) groups excluding carboxylic acids is 2. The summed E-state index contributed by atoms with van der Waals surface area (Å²) in [6.07, 6.45) is 6.08. The maximum absolute atomic E-state index is 10.5. The summed E-state index contributed by atoms with van der Waals surface area (Å²) in [5.74, 6) is 0. The predicted octanol–water partition coefficient (Wildman–Crippen LogP) is -0.930. The average Bonchev–Trinajstić information content (AvgIpc) is 2.03. The molecule has 84 valence electrons. The van der Waals surface area contributed by atoms with E-state index in [0.717, 1.165) is 12.8 Å². The van der Waals surface area contributed by atoms with Crippen molar-refractivity contribution in [2.45, 2.75) is 38.1 Å². The molecule has 0 radical (unpaired) electrons. The molecule has 0 aliphatic heterocycles. The molecule has 0 unspecified atom stereocenters. The standard InChI is InChI=1S/C7H13NOS.CH3NOS.Na.H/c9-7(10)8-6-4-2-1-3-5-6;2-1(3)4;;/h6H,1-5H2,(H2,8,9,10);(H3,2,3,4);;/q;;+1;-1. The van der Waals surface area contributed by atoms with Gasteiger partial charge in [-0.05, 0) is 12.8 Å². The Labute approximate surface area is 125 Å². The summed E-state index contributed by atoms with van der Waals surface area (Å²) in [5, 5.41) is 1.98. The van der Waals surface area contributed by atoms with Crippen molar-refractivity contribution in [1.29, 1.82) is 0 Å². The Kier molecular flexibility index (Phi) is 13.4. The number of amides is 2. The van der Waals surface area contributed by atoms with E-state index in [2.05, 4.69) is 36.3 Å². The normalized spacial score (nSPS) is 15.3. The predicted molar refractivity (Wildman–Crippen MR) is 64.1 cm³/mol. The van der Waals surface area contributed by atoms with Gasteiger partial charge in [0.25, 0.3) is 10.5 Å². The number of thiol groups is 2. The molecule has 1 aliphatic rings. The summed E-state index contributed by atoms with van der Waals surface area (Å²) in [5.41, 5.74) is 4.34. The molecule has 15 heavy (non-hydrogen) atoms. The first-order chi connectivity index (χ1) is 6.52. The van der Waals surface area contributed by atoms with E-state index in [1.54, 1.807) is 0 Å². The molecule has 1 fully saturated rings. The number of rotatable bonds is 1. The summed E-state index contributed by atoms with van der Waals surface area (Å²) >= 11 is 6.76. The first-order valence-corrected chi connectivity index (χ1v) is 5.39. The Morgan fingerprint density at radius 1 is 1.20 bits per heavy atom. The molecule has 0 bridgehead atoms. The van der Waals surface area contributed by atoms with Crippen molar-refractivity contribution in [1.82, 2.24) is 5.32 Å². The van der Waals surface area contributed by atoms with Crippen molar-refractivity contribution in [3.63, 3.8) is 0 Å². The van der Waals surface area contributed by atoms with Gasteiger partial charge in [0, 0.05) is 6.04 Å². The van der Waals surface area contributed by atoms with Gasteiger partial charge in [0.05, 0.1) is 0 Å². The van der Waals surface area contributed by atoms with Gasteiger partial charge in [-0.1, -0.05) is 44.5 Å². The number of nitrogens with two attached hydrogens (primary N) is 1. The fraction of sp³-hybridized carbons (Fsp3) is 0.750. The van der Waals surface area contributed by atoms with Crippen molar-refractivity contribution in [2.75, 3.05) is 0 Å². The molecule has 0 atom stereocenters. The van der Waals surface area contributed by atoms with E-state index in [4.69, 9.17) is 4.79 Å². The molecule has 7 heteroatoms. The van der Waals surface area contributed by atoms with Crippen LogP contribution in [0.2, 0.25) is 0 Å². The molecule has 0 saturated heterocycles. The Bertz CT molecular complexity index is 200. The van der Waals surface area contributed by atoms with Crippen molar-refractivity contribution in [3.05, 3.63) is 0 Å². The van der Waals surface area contributed by atoms with Crippen LogP contribution in [0.4, 0.5) is 9.59 Å². The second-order valence-corrected chi connectivity index (χ2v) is 3.97. The quantitative estimate of drug-likeness (QED) is 0.363. The zero-order valence-corrected chi connectivity index (χ0v) is 12.7. The Morgan fingerprint density at radius 2 is 1.60 bits per heavy atom. The first-order valence-electron chi connectivity index (χ1n) is 4.50. The van der Waals surface area contributed by atoms with Gasteiger partial charge in [0.15, 0.2) is 0 Å². The van der Waals surface area contributed by atoms with E-state index in [9.17, 15) is 4.79 Å². The van der Waals surface area contributed by atoms with Crippen LogP contribution in [0, 0.1) is 0 Å². The van der Waals surface area contributed by atoms with Crippen LogP contribution in [0.1, 0.15) is 33.5 Å². The SMILES string of the molecule is NC(=O)S.O=C(S)NC1CCCCC1.[H-].[Na+]. The molecule has 1 saturated carbocycles. The van der Waals surface area contributed by atoms with Gasteiger partial charge in [-0.3, -0.25) is 9.59 Å². The Hall–Kier alpha value is 0.640. The van der Waals surface area contributed by atoms with Crippen LogP contribution < -0.4 is 40.6 Å². The second kappa shape index (κ2) is 11.1. The van der Waals surface area contributed by atoms with Crippen LogP contribution in [0.3, 0.4) is 0 Å². The number of carbonyl (C=O) groups is 2. The van der Waals surface area contributed by atoms with Gasteiger partial charge >= 0.3 is 29.6 Å². The van der Waals surface area contributed by atoms with E-state index < -0.39 is 5.24 Å². The molecule has 2 amide bonds. The zero-order valence-electron chi connectivity index (χ0n) is 9.90. The van der Waals surface area contributed by atoms with Crippen LogP contribution in [0.5, 0.6) is 0 Å². The second-order valence-electron chi connectivity index (χ2n) is 3.12. The van der Waals surface area contributed by atoms with Gasteiger partial charge in [-0.15, -0.1) is 0 Å². The van der Waals surface area contributed by atoms with E-state index in [1.165, 1.54) is 19.3 Å². The van der Waals surface area contributed by atoms with Gasteiger partial charge in [-0.2, -0.15) is 0 Å². The fourth-order valence-electron chi connectivity index (χ4n) is 1.42. The summed E-state index contributed by atoms with van der Waals surface area (Å²) in [4.78, 5) is 19.6. The molecule has 3 N–H and O–H groups in total. The molecular formula is C8H17N2NaO2S2. The number of hydrogen-bond acceptors (Lipinski definition) is 2. The van der Waals surface area contributed by atoms with E-state index in [0.29, 0.717) is 6.04 Å². The molecule has 4 nitrogen and oxygen atoms in total. The third kappa shape index (κ3) is 14.6. The largest absolute Gasteiger partial charge is 1.00 e. The summed E-state index contributed by atoms with van der Waals surface area (Å²) < 4.78 is 0. The first kappa shape index (κ1) is 18.0. The van der Waals surface area contributed by atoms with Gasteiger partial charge in [0.2, 0.25) is 0 Å². The van der Waals surface area contributed by atoms with Crippen molar-refractivity contribution >= 4 is 35.7 Å². The van der Waals surface area contributed by atoms with Crippen LogP contribution in [0.25, 0.3) is 0 Å². The maximum Gasteiger partial charge on any atom is 1.00 e. The van der Waals surface area contributed by atoms with Crippen molar-refractivity contribution in [3.8, 4) is 0 Å². The minimum Gasteiger partial charge on any atom is -1.00 e. The van der Waals surface area contributed by atoms with Crippen LogP contribution in [-0.4, -0.2) is 16.5 Å². The Morgan fingerprint density at radius 3 is 1.93 bits per heavy atom. The smallest absolute Gasteiger partial charge is 1.00 e. The van der Waals surface area contributed by atoms with Crippen LogP contribution in [0.15, 0.2) is 0 Å². The summed E-state index contributed by atoms with van der Waals surface area (Å²) in [6, 6.07) is 0.402. The minimum absolute atomic E-state index is 0. The van der Waals surface area contributed by atoms with Crippen molar-refractivity contribution < 1.29 is 40.6 Å². The van der Waals surface area contributed by atoms with E-state index in [-0.39, 0.29) is 36.2 Å².